The van der Waals surface area contributed by atoms with Gasteiger partial charge in [-0.3, -0.25) is 0 Å². The molecular formula is C30H45N3O6. The zero-order chi connectivity index (χ0) is 29.3. The Hall–Kier alpha value is -3.14. The number of aliphatic hydroxyl groups excluding tert-OH is 1. The maximum atomic E-state index is 12.5. The second-order valence-corrected chi connectivity index (χ2v) is 12.1. The average Bonchev–Trinajstić information content (AvgIpc) is 2.81. The quantitative estimate of drug-likeness (QED) is 0.275. The minimum Gasteiger partial charge on any atom is -0.465 e. The predicted molar refractivity (Wildman–Crippen MR) is 152 cm³/mol. The predicted octanol–water partition coefficient (Wildman–Crippen LogP) is 3.83. The molecule has 2 amide bonds. The van der Waals surface area contributed by atoms with Gasteiger partial charge in [0.2, 0.25) is 0 Å². The number of ether oxygens (including phenoxy) is 1. The number of carboxylic acid groups (broad SMARTS) is 1. The highest BCUT2D eigenvalue weighted by Gasteiger charge is 2.37. The summed E-state index contributed by atoms with van der Waals surface area (Å²) in [6.07, 6.45) is -2.20. The summed E-state index contributed by atoms with van der Waals surface area (Å²) in [4.78, 5) is 25.8. The first-order chi connectivity index (χ1) is 18.1. The van der Waals surface area contributed by atoms with E-state index in [-0.39, 0.29) is 26.1 Å². The van der Waals surface area contributed by atoms with Crippen LogP contribution in [0.2, 0.25) is 0 Å². The van der Waals surface area contributed by atoms with Gasteiger partial charge in [-0.25, -0.2) is 9.59 Å². The fourth-order valence-electron chi connectivity index (χ4n) is 4.24. The molecule has 0 heterocycles. The van der Waals surface area contributed by atoms with Crippen molar-refractivity contribution in [3.05, 3.63) is 71.8 Å². The summed E-state index contributed by atoms with van der Waals surface area (Å²) in [5.74, 6) is 0. The highest BCUT2D eigenvalue weighted by atomic mass is 16.6. The van der Waals surface area contributed by atoms with E-state index >= 15 is 0 Å². The van der Waals surface area contributed by atoms with E-state index in [1.54, 1.807) is 41.5 Å². The van der Waals surface area contributed by atoms with Gasteiger partial charge in [0.05, 0.1) is 24.3 Å². The monoisotopic (exact) mass is 543 g/mol. The Balaban J connectivity index is 2.17. The van der Waals surface area contributed by atoms with Gasteiger partial charge in [-0.05, 0) is 59.1 Å². The number of hydrogen-bond donors (Lipinski definition) is 5. The lowest BCUT2D eigenvalue weighted by atomic mass is 9.91. The lowest BCUT2D eigenvalue weighted by Gasteiger charge is -2.40. The molecule has 0 fully saturated rings. The number of aliphatic hydroxyl groups is 2. The Labute approximate surface area is 232 Å². The highest BCUT2D eigenvalue weighted by Crippen LogP contribution is 2.21. The van der Waals surface area contributed by atoms with Crippen LogP contribution in [0.3, 0.4) is 0 Å². The standard InChI is InChI=1S/C30H45N3O6/c1-28(2,3)33(27(36)37)21-30(38,18-23-15-11-8-12-16-23)20-31-19-25(34)24(17-22-13-9-7-10-14-22)32-26(35)39-29(4,5)6/h7-16,24-25,31,34,38H,17-21H2,1-6H3,(H,32,35)(H,36,37)/t24-,25+,30?/m0/s1. The van der Waals surface area contributed by atoms with Gasteiger partial charge in [-0.2, -0.15) is 0 Å². The van der Waals surface area contributed by atoms with Gasteiger partial charge >= 0.3 is 12.2 Å². The maximum Gasteiger partial charge on any atom is 0.407 e. The molecule has 2 aromatic carbocycles. The molecule has 0 aromatic heterocycles. The van der Waals surface area contributed by atoms with Crippen molar-refractivity contribution in [2.45, 2.75) is 83.3 Å². The molecule has 39 heavy (non-hydrogen) atoms. The van der Waals surface area contributed by atoms with Gasteiger partial charge in [-0.1, -0.05) is 60.7 Å². The van der Waals surface area contributed by atoms with E-state index in [0.29, 0.717) is 6.42 Å². The van der Waals surface area contributed by atoms with Gasteiger partial charge in [0.15, 0.2) is 0 Å². The molecule has 216 valence electrons. The smallest absolute Gasteiger partial charge is 0.407 e. The van der Waals surface area contributed by atoms with E-state index in [4.69, 9.17) is 4.74 Å². The molecule has 3 atom stereocenters. The van der Waals surface area contributed by atoms with Crippen molar-refractivity contribution in [1.29, 1.82) is 0 Å². The molecule has 0 spiro atoms. The van der Waals surface area contributed by atoms with Gasteiger partial charge in [0, 0.05) is 25.0 Å². The van der Waals surface area contributed by atoms with E-state index in [1.165, 1.54) is 4.90 Å². The van der Waals surface area contributed by atoms with Crippen molar-refractivity contribution < 1.29 is 29.6 Å². The minimum absolute atomic E-state index is 0.0172. The molecule has 2 rings (SSSR count). The van der Waals surface area contributed by atoms with Crippen molar-refractivity contribution in [2.24, 2.45) is 0 Å². The normalized spacial score (nSPS) is 15.1. The fourth-order valence-corrected chi connectivity index (χ4v) is 4.24. The summed E-state index contributed by atoms with van der Waals surface area (Å²) < 4.78 is 5.40. The molecule has 9 heteroatoms. The number of benzene rings is 2. The molecule has 9 nitrogen and oxygen atoms in total. The number of nitrogens with zero attached hydrogens (tertiary/aromatic N) is 1. The van der Waals surface area contributed by atoms with Crippen molar-refractivity contribution in [2.75, 3.05) is 19.6 Å². The number of nitrogens with one attached hydrogen (secondary N) is 2. The first-order valence-electron chi connectivity index (χ1n) is 13.3. The third-order valence-corrected chi connectivity index (χ3v) is 6.14. The zero-order valence-electron chi connectivity index (χ0n) is 24.0. The van der Waals surface area contributed by atoms with E-state index in [9.17, 15) is 24.9 Å². The van der Waals surface area contributed by atoms with Crippen LogP contribution in [0, 0.1) is 0 Å². The number of β-amino-alcohol motifs (C(OH)–C–C–N with tert-alkyl or cyclic N) is 1. The molecule has 0 radical (unpaired) electrons. The minimum atomic E-state index is -1.46. The zero-order valence-corrected chi connectivity index (χ0v) is 24.0. The van der Waals surface area contributed by atoms with Crippen LogP contribution in [-0.2, 0) is 17.6 Å². The summed E-state index contributed by atoms with van der Waals surface area (Å²) in [6.45, 7) is 10.6. The molecule has 0 saturated heterocycles. The fraction of sp³-hybridized carbons (Fsp3) is 0.533. The summed E-state index contributed by atoms with van der Waals surface area (Å²) in [6, 6.07) is 18.2. The average molecular weight is 544 g/mol. The van der Waals surface area contributed by atoms with Gasteiger partial charge in [0.1, 0.15) is 5.60 Å². The molecule has 2 aromatic rings. The van der Waals surface area contributed by atoms with Crippen molar-refractivity contribution in [3.8, 4) is 0 Å². The third-order valence-electron chi connectivity index (χ3n) is 6.14. The van der Waals surface area contributed by atoms with Crippen LogP contribution in [0.4, 0.5) is 9.59 Å². The highest BCUT2D eigenvalue weighted by molar-refractivity contribution is 5.68. The van der Waals surface area contributed by atoms with E-state index in [2.05, 4.69) is 10.6 Å². The molecule has 0 aliphatic rings. The van der Waals surface area contributed by atoms with Crippen LogP contribution in [0.15, 0.2) is 60.7 Å². The van der Waals surface area contributed by atoms with Crippen LogP contribution in [-0.4, -0.2) is 80.9 Å². The van der Waals surface area contributed by atoms with Gasteiger partial charge in [0.25, 0.3) is 0 Å². The number of hydrogen-bond acceptors (Lipinski definition) is 6. The first kappa shape index (κ1) is 32.1. The Morgan fingerprint density at radius 2 is 1.46 bits per heavy atom. The molecule has 1 unspecified atom stereocenters. The van der Waals surface area contributed by atoms with Crippen LogP contribution in [0.1, 0.15) is 52.7 Å². The summed E-state index contributed by atoms with van der Waals surface area (Å²) in [7, 11) is 0. The van der Waals surface area contributed by atoms with E-state index in [1.807, 2.05) is 60.7 Å². The molecule has 0 bridgehead atoms. The topological polar surface area (TPSA) is 131 Å². The van der Waals surface area contributed by atoms with Gasteiger partial charge in [-0.15, -0.1) is 0 Å². The number of rotatable bonds is 12. The lowest BCUT2D eigenvalue weighted by Crippen LogP contribution is -2.58. The molecule has 0 aliphatic heterocycles. The molecule has 0 saturated carbocycles. The van der Waals surface area contributed by atoms with Crippen molar-refractivity contribution >= 4 is 12.2 Å². The summed E-state index contributed by atoms with van der Waals surface area (Å²) >= 11 is 0. The Kier molecular flexibility index (Phi) is 11.3. The molecular weight excluding hydrogens is 498 g/mol. The van der Waals surface area contributed by atoms with Crippen molar-refractivity contribution in [1.82, 2.24) is 15.5 Å². The third kappa shape index (κ3) is 11.6. The Morgan fingerprint density at radius 1 is 0.923 bits per heavy atom. The summed E-state index contributed by atoms with van der Waals surface area (Å²) in [5, 5.41) is 38.5. The number of alkyl carbamates (subject to hydrolysis) is 1. The SMILES string of the molecule is CC(C)(C)OC(=O)N[C@@H](Cc1ccccc1)[C@H](O)CNCC(O)(Cc1ccccc1)CN(C(=O)O)C(C)(C)C. The van der Waals surface area contributed by atoms with E-state index < -0.39 is 41.1 Å². The Bertz CT molecular complexity index is 1040. The van der Waals surface area contributed by atoms with E-state index in [0.717, 1.165) is 11.1 Å². The van der Waals surface area contributed by atoms with Crippen LogP contribution >= 0.6 is 0 Å². The largest absolute Gasteiger partial charge is 0.465 e. The lowest BCUT2D eigenvalue weighted by molar-refractivity contribution is -0.0169. The van der Waals surface area contributed by atoms with Crippen molar-refractivity contribution in [3.63, 3.8) is 0 Å². The second-order valence-electron chi connectivity index (χ2n) is 12.1. The van der Waals surface area contributed by atoms with Crippen LogP contribution in [0.5, 0.6) is 0 Å². The molecule has 5 N–H and O–H groups in total. The number of carbonyl (C=O) groups excluding carboxylic acids is 1. The summed E-state index contributed by atoms with van der Waals surface area (Å²) in [5.41, 5.74) is -1.09. The first-order valence-corrected chi connectivity index (χ1v) is 13.3. The number of amides is 2. The van der Waals surface area contributed by atoms with Gasteiger partial charge < -0.3 is 35.6 Å². The Morgan fingerprint density at radius 3 is 1.95 bits per heavy atom. The molecule has 0 aliphatic carbocycles. The maximum absolute atomic E-state index is 12.5. The van der Waals surface area contributed by atoms with Crippen LogP contribution < -0.4 is 10.6 Å². The second kappa shape index (κ2) is 13.8. The number of carbonyl (C=O) groups is 2. The van der Waals surface area contributed by atoms with Crippen LogP contribution in [0.25, 0.3) is 0 Å².